The van der Waals surface area contributed by atoms with Crippen molar-refractivity contribution in [1.82, 2.24) is 25.5 Å². The predicted octanol–water partition coefficient (Wildman–Crippen LogP) is 4.02. The molecule has 144 valence electrons. The third-order valence-electron chi connectivity index (χ3n) is 5.50. The molecule has 0 radical (unpaired) electrons. The van der Waals surface area contributed by atoms with E-state index in [1.54, 1.807) is 12.4 Å². The van der Waals surface area contributed by atoms with Gasteiger partial charge in [-0.25, -0.2) is 4.98 Å². The Balaban J connectivity index is 1.50. The van der Waals surface area contributed by atoms with E-state index in [9.17, 15) is 4.79 Å². The second-order valence-electron chi connectivity index (χ2n) is 7.45. The zero-order chi connectivity index (χ0) is 19.3. The molecule has 3 aromatic rings. The fraction of sp³-hybridized carbons (Fsp3) is 0.364. The SMILES string of the molecule is CC(NC(=O)C(c1ccccc1)C1CCCC1)c1nc(-c2cccnc2)n[nH]1. The van der Waals surface area contributed by atoms with Gasteiger partial charge in [0, 0.05) is 18.0 Å². The van der Waals surface area contributed by atoms with E-state index in [1.807, 2.05) is 37.3 Å². The number of aromatic amines is 1. The molecule has 1 aliphatic carbocycles. The van der Waals surface area contributed by atoms with Gasteiger partial charge in [-0.15, -0.1) is 0 Å². The number of aromatic nitrogens is 4. The van der Waals surface area contributed by atoms with Crippen LogP contribution >= 0.6 is 0 Å². The number of amides is 1. The van der Waals surface area contributed by atoms with Crippen molar-refractivity contribution < 1.29 is 4.79 Å². The van der Waals surface area contributed by atoms with Crippen molar-refractivity contribution in [3.63, 3.8) is 0 Å². The molecule has 0 saturated heterocycles. The van der Waals surface area contributed by atoms with Crippen LogP contribution in [0.3, 0.4) is 0 Å². The van der Waals surface area contributed by atoms with Crippen molar-refractivity contribution in [1.29, 1.82) is 0 Å². The summed E-state index contributed by atoms with van der Waals surface area (Å²) in [6, 6.07) is 13.6. The zero-order valence-electron chi connectivity index (χ0n) is 16.0. The first-order valence-electron chi connectivity index (χ1n) is 9.90. The summed E-state index contributed by atoms with van der Waals surface area (Å²) < 4.78 is 0. The molecule has 0 aliphatic heterocycles. The van der Waals surface area contributed by atoms with Crippen molar-refractivity contribution >= 4 is 5.91 Å². The van der Waals surface area contributed by atoms with E-state index < -0.39 is 0 Å². The third kappa shape index (κ3) is 3.96. The summed E-state index contributed by atoms with van der Waals surface area (Å²) in [5.74, 6) is 1.57. The van der Waals surface area contributed by atoms with Crippen LogP contribution in [0.2, 0.25) is 0 Å². The molecule has 2 atom stereocenters. The molecule has 1 amide bonds. The Morgan fingerprint density at radius 1 is 1.14 bits per heavy atom. The normalized spacial score (nSPS) is 16.6. The van der Waals surface area contributed by atoms with Crippen LogP contribution in [0.5, 0.6) is 0 Å². The van der Waals surface area contributed by atoms with Crippen LogP contribution in [0.1, 0.15) is 56.0 Å². The van der Waals surface area contributed by atoms with Crippen molar-refractivity contribution in [2.45, 2.75) is 44.6 Å². The van der Waals surface area contributed by atoms with Crippen LogP contribution < -0.4 is 5.32 Å². The smallest absolute Gasteiger partial charge is 0.228 e. The van der Waals surface area contributed by atoms with E-state index in [4.69, 9.17) is 0 Å². The van der Waals surface area contributed by atoms with Gasteiger partial charge >= 0.3 is 0 Å². The second kappa shape index (κ2) is 8.33. The van der Waals surface area contributed by atoms with E-state index in [0.29, 0.717) is 17.6 Å². The first-order chi connectivity index (χ1) is 13.7. The van der Waals surface area contributed by atoms with Gasteiger partial charge in [-0.05, 0) is 43.4 Å². The summed E-state index contributed by atoms with van der Waals surface area (Å²) in [7, 11) is 0. The van der Waals surface area contributed by atoms with Gasteiger partial charge < -0.3 is 5.32 Å². The largest absolute Gasteiger partial charge is 0.346 e. The number of H-pyrrole nitrogens is 1. The minimum atomic E-state index is -0.252. The summed E-state index contributed by atoms with van der Waals surface area (Å²) in [6.07, 6.45) is 8.05. The molecule has 6 heteroatoms. The van der Waals surface area contributed by atoms with Crippen LogP contribution in [-0.2, 0) is 4.79 Å². The van der Waals surface area contributed by atoms with Gasteiger partial charge in [-0.3, -0.25) is 14.9 Å². The molecule has 2 aromatic heterocycles. The first-order valence-corrected chi connectivity index (χ1v) is 9.90. The van der Waals surface area contributed by atoms with Gasteiger partial charge in [-0.1, -0.05) is 43.2 Å². The Hall–Kier alpha value is -3.02. The molecule has 1 saturated carbocycles. The number of benzene rings is 1. The fourth-order valence-corrected chi connectivity index (χ4v) is 4.05. The molecule has 2 unspecified atom stereocenters. The van der Waals surface area contributed by atoms with E-state index in [2.05, 4.69) is 37.6 Å². The Labute approximate surface area is 164 Å². The molecular weight excluding hydrogens is 350 g/mol. The van der Waals surface area contributed by atoms with Crippen molar-refractivity contribution in [3.05, 3.63) is 66.2 Å². The molecular formula is C22H25N5O. The van der Waals surface area contributed by atoms with Gasteiger partial charge in [-0.2, -0.15) is 5.10 Å². The average Bonchev–Trinajstić information content (AvgIpc) is 3.42. The number of hydrogen-bond acceptors (Lipinski definition) is 4. The van der Waals surface area contributed by atoms with Gasteiger partial charge in [0.2, 0.25) is 5.91 Å². The van der Waals surface area contributed by atoms with Crippen molar-refractivity contribution in [3.8, 4) is 11.4 Å². The highest BCUT2D eigenvalue weighted by atomic mass is 16.2. The minimum absolute atomic E-state index is 0.0601. The second-order valence-corrected chi connectivity index (χ2v) is 7.45. The Morgan fingerprint density at radius 3 is 2.64 bits per heavy atom. The summed E-state index contributed by atoms with van der Waals surface area (Å²) in [5.41, 5.74) is 1.93. The maximum absolute atomic E-state index is 13.2. The van der Waals surface area contributed by atoms with Gasteiger partial charge in [0.25, 0.3) is 0 Å². The first kappa shape index (κ1) is 18.3. The number of nitrogens with one attached hydrogen (secondary N) is 2. The van der Waals surface area contributed by atoms with Crippen molar-refractivity contribution in [2.75, 3.05) is 0 Å². The molecule has 0 spiro atoms. The van der Waals surface area contributed by atoms with E-state index in [-0.39, 0.29) is 17.9 Å². The van der Waals surface area contributed by atoms with Gasteiger partial charge in [0.15, 0.2) is 5.82 Å². The molecule has 1 fully saturated rings. The van der Waals surface area contributed by atoms with Crippen LogP contribution in [0.4, 0.5) is 0 Å². The lowest BCUT2D eigenvalue weighted by molar-refractivity contribution is -0.124. The Morgan fingerprint density at radius 2 is 1.93 bits per heavy atom. The highest BCUT2D eigenvalue weighted by Gasteiger charge is 2.32. The molecule has 2 heterocycles. The standard InChI is InChI=1S/C22H25N5O/c1-15(20-25-21(27-26-20)18-12-7-13-23-14-18)24-22(28)19(17-10-5-6-11-17)16-8-3-2-4-9-16/h2-4,7-9,12-15,17,19H,5-6,10-11H2,1H3,(H,24,28)(H,25,26,27). The lowest BCUT2D eigenvalue weighted by atomic mass is 9.84. The third-order valence-corrected chi connectivity index (χ3v) is 5.50. The molecule has 2 N–H and O–H groups in total. The number of hydrogen-bond donors (Lipinski definition) is 2. The summed E-state index contributed by atoms with van der Waals surface area (Å²) >= 11 is 0. The molecule has 0 bridgehead atoms. The van der Waals surface area contributed by atoms with Gasteiger partial charge in [0.1, 0.15) is 5.82 Å². The lowest BCUT2D eigenvalue weighted by Gasteiger charge is -2.24. The number of pyridine rings is 1. The molecule has 4 rings (SSSR count). The van der Waals surface area contributed by atoms with E-state index >= 15 is 0 Å². The van der Waals surface area contributed by atoms with E-state index in [1.165, 1.54) is 12.8 Å². The molecule has 28 heavy (non-hydrogen) atoms. The number of carbonyl (C=O) groups is 1. The van der Waals surface area contributed by atoms with Crippen molar-refractivity contribution in [2.24, 2.45) is 5.92 Å². The maximum atomic E-state index is 13.2. The predicted molar refractivity (Wildman–Crippen MR) is 107 cm³/mol. The highest BCUT2D eigenvalue weighted by molar-refractivity contribution is 5.84. The van der Waals surface area contributed by atoms with E-state index in [0.717, 1.165) is 24.0 Å². The number of nitrogens with zero attached hydrogens (tertiary/aromatic N) is 3. The summed E-state index contributed by atoms with van der Waals surface area (Å²) in [6.45, 7) is 1.93. The Kier molecular flexibility index (Phi) is 5.46. The number of rotatable bonds is 6. The van der Waals surface area contributed by atoms with Crippen LogP contribution in [0, 0.1) is 5.92 Å². The molecule has 1 aliphatic rings. The quantitative estimate of drug-likeness (QED) is 0.682. The summed E-state index contributed by atoms with van der Waals surface area (Å²) in [4.78, 5) is 21.9. The topological polar surface area (TPSA) is 83.6 Å². The molecule has 1 aromatic carbocycles. The van der Waals surface area contributed by atoms with Crippen LogP contribution in [-0.4, -0.2) is 26.1 Å². The highest BCUT2D eigenvalue weighted by Crippen LogP contribution is 2.37. The minimum Gasteiger partial charge on any atom is -0.346 e. The zero-order valence-corrected chi connectivity index (χ0v) is 16.0. The number of carbonyl (C=O) groups excluding carboxylic acids is 1. The Bertz CT molecular complexity index is 903. The monoisotopic (exact) mass is 375 g/mol. The lowest BCUT2D eigenvalue weighted by Crippen LogP contribution is -2.35. The average molecular weight is 375 g/mol. The summed E-state index contributed by atoms with van der Waals surface area (Å²) in [5, 5.41) is 10.4. The van der Waals surface area contributed by atoms with Crippen LogP contribution in [0.15, 0.2) is 54.9 Å². The van der Waals surface area contributed by atoms with Crippen LogP contribution in [0.25, 0.3) is 11.4 Å². The van der Waals surface area contributed by atoms with Gasteiger partial charge in [0.05, 0.1) is 12.0 Å². The maximum Gasteiger partial charge on any atom is 0.228 e. The fourth-order valence-electron chi connectivity index (χ4n) is 4.05. The molecule has 6 nitrogen and oxygen atoms in total.